The van der Waals surface area contributed by atoms with Gasteiger partial charge >= 0.3 is 0 Å². The molecule has 8 N–H and O–H groups in total. The van der Waals surface area contributed by atoms with Crippen molar-refractivity contribution in [2.45, 2.75) is 139 Å². The summed E-state index contributed by atoms with van der Waals surface area (Å²) < 4.78 is 0. The number of hydrogen-bond donors (Lipinski definition) is 7. The number of rotatable bonds is 9. The molecule has 2 saturated carbocycles. The summed E-state index contributed by atoms with van der Waals surface area (Å²) in [7, 11) is 0. The number of amides is 6. The van der Waals surface area contributed by atoms with Gasteiger partial charge in [0.25, 0.3) is 0 Å². The van der Waals surface area contributed by atoms with Crippen LogP contribution in [0.5, 0.6) is 0 Å². The Morgan fingerprint density at radius 2 is 1.20 bits per heavy atom. The molecule has 0 radical (unpaired) electrons. The molecule has 14 nitrogen and oxygen atoms in total. The highest BCUT2D eigenvalue weighted by Crippen LogP contribution is 2.29. The van der Waals surface area contributed by atoms with E-state index in [0.717, 1.165) is 76.4 Å². The van der Waals surface area contributed by atoms with Crippen molar-refractivity contribution in [1.29, 1.82) is 0 Å². The van der Waals surface area contributed by atoms with Gasteiger partial charge in [0, 0.05) is 36.2 Å². The van der Waals surface area contributed by atoms with Crippen molar-refractivity contribution in [1.82, 2.24) is 26.6 Å². The quantitative estimate of drug-likeness (QED) is 0.185. The van der Waals surface area contributed by atoms with Gasteiger partial charge in [-0.3, -0.25) is 33.6 Å². The van der Waals surface area contributed by atoms with Gasteiger partial charge < -0.3 is 37.4 Å². The van der Waals surface area contributed by atoms with E-state index in [-0.39, 0.29) is 37.0 Å². The minimum atomic E-state index is -1.30. The van der Waals surface area contributed by atoms with Gasteiger partial charge in [0.1, 0.15) is 18.1 Å². The van der Waals surface area contributed by atoms with E-state index in [0.29, 0.717) is 42.4 Å². The number of benzene rings is 2. The number of aliphatic hydroxyl groups is 1. The molecule has 3 aliphatic rings. The van der Waals surface area contributed by atoms with Crippen molar-refractivity contribution in [3.63, 3.8) is 0 Å². The lowest BCUT2D eigenvalue weighted by Gasteiger charge is -2.31. The van der Waals surface area contributed by atoms with Crippen LogP contribution < -0.4 is 32.3 Å². The molecule has 1 heterocycles. The van der Waals surface area contributed by atoms with Gasteiger partial charge in [0.2, 0.25) is 35.4 Å². The smallest absolute Gasteiger partial charge is 0.244 e. The fourth-order valence-corrected chi connectivity index (χ4v) is 8.63. The zero-order chi connectivity index (χ0) is 42.9. The summed E-state index contributed by atoms with van der Waals surface area (Å²) in [6.07, 6.45) is 12.1. The van der Waals surface area contributed by atoms with Crippen LogP contribution in [0, 0.1) is 11.8 Å². The van der Waals surface area contributed by atoms with E-state index >= 15 is 0 Å². The number of primary amides is 1. The van der Waals surface area contributed by atoms with Crippen LogP contribution in [0.25, 0.3) is 0 Å². The molecule has 6 amide bonds. The van der Waals surface area contributed by atoms with Crippen molar-refractivity contribution in [2.24, 2.45) is 17.6 Å². The first-order valence-electron chi connectivity index (χ1n) is 21.8. The molecule has 5 rings (SSSR count). The van der Waals surface area contributed by atoms with Crippen LogP contribution >= 0.6 is 0 Å². The summed E-state index contributed by atoms with van der Waals surface area (Å²) in [4.78, 5) is 93.0. The Bertz CT molecular complexity index is 1810. The largest absolute Gasteiger partial charge is 0.390 e. The van der Waals surface area contributed by atoms with Crippen LogP contribution in [0.2, 0.25) is 0 Å². The Hall–Kier alpha value is -5.37. The van der Waals surface area contributed by atoms with Gasteiger partial charge in [-0.05, 0) is 49.5 Å². The fraction of sp³-hybridized carbons (Fsp3) is 0.543. The minimum absolute atomic E-state index is 0.0893. The molecule has 14 heteroatoms. The molecule has 0 saturated heterocycles. The maximum atomic E-state index is 14.2. The Morgan fingerprint density at radius 1 is 0.617 bits per heavy atom. The summed E-state index contributed by atoms with van der Waals surface area (Å²) in [6, 6.07) is 11.9. The zero-order valence-corrected chi connectivity index (χ0v) is 34.5. The van der Waals surface area contributed by atoms with E-state index in [2.05, 4.69) is 26.6 Å². The number of carbonyl (C=O) groups is 7. The van der Waals surface area contributed by atoms with Gasteiger partial charge in [-0.2, -0.15) is 0 Å². The molecule has 2 fully saturated rings. The lowest BCUT2D eigenvalue weighted by atomic mass is 9.83. The second-order valence-corrected chi connectivity index (χ2v) is 16.7. The highest BCUT2D eigenvalue weighted by Gasteiger charge is 2.32. The van der Waals surface area contributed by atoms with Crippen molar-refractivity contribution >= 4 is 41.2 Å². The van der Waals surface area contributed by atoms with Crippen molar-refractivity contribution in [3.8, 4) is 0 Å². The van der Waals surface area contributed by atoms with Crippen LogP contribution in [-0.4, -0.2) is 83.1 Å². The second kappa shape index (κ2) is 23.4. The Balaban J connectivity index is 1.39. The lowest BCUT2D eigenvalue weighted by Crippen LogP contribution is -2.55. The van der Waals surface area contributed by atoms with Crippen LogP contribution in [0.15, 0.2) is 66.7 Å². The molecule has 0 spiro atoms. The third-order valence-electron chi connectivity index (χ3n) is 12.0. The van der Waals surface area contributed by atoms with Crippen molar-refractivity contribution < 1.29 is 38.7 Å². The van der Waals surface area contributed by atoms with E-state index in [1.807, 2.05) is 6.07 Å². The topological polar surface area (TPSA) is 226 Å². The fourth-order valence-electron chi connectivity index (χ4n) is 8.63. The predicted molar refractivity (Wildman–Crippen MR) is 226 cm³/mol. The average molecular weight is 827 g/mol. The molecule has 1 aliphatic heterocycles. The highest BCUT2D eigenvalue weighted by atomic mass is 16.3. The molecule has 0 aromatic heterocycles. The summed E-state index contributed by atoms with van der Waals surface area (Å²) in [5.74, 6) is -3.41. The number of nitrogens with one attached hydrogen (secondary N) is 5. The summed E-state index contributed by atoms with van der Waals surface area (Å²) in [5.41, 5.74) is 7.28. The van der Waals surface area contributed by atoms with E-state index in [9.17, 15) is 38.7 Å². The van der Waals surface area contributed by atoms with Gasteiger partial charge in [-0.15, -0.1) is 0 Å². The predicted octanol–water partition coefficient (Wildman–Crippen LogP) is 3.43. The van der Waals surface area contributed by atoms with E-state index < -0.39 is 72.1 Å². The molecule has 0 bridgehead atoms. The molecular formula is C46H62N6O8. The van der Waals surface area contributed by atoms with Crippen LogP contribution in [0.3, 0.4) is 0 Å². The number of aliphatic hydroxyl groups excluding tert-OH is 1. The molecule has 2 unspecified atom stereocenters. The first-order chi connectivity index (χ1) is 28.9. The maximum Gasteiger partial charge on any atom is 0.244 e. The highest BCUT2D eigenvalue weighted by molar-refractivity contribution is 6.09. The van der Waals surface area contributed by atoms with E-state index in [1.165, 1.54) is 0 Å². The Labute approximate surface area is 352 Å². The second-order valence-electron chi connectivity index (χ2n) is 16.7. The number of carbonyl (C=O) groups excluding carboxylic acids is 7. The van der Waals surface area contributed by atoms with Crippen LogP contribution in [0.4, 0.5) is 0 Å². The van der Waals surface area contributed by atoms with Gasteiger partial charge in [0.05, 0.1) is 18.6 Å². The molecule has 2 aliphatic carbocycles. The molecule has 5 atom stereocenters. The number of nitrogens with two attached hydrogens (primary N) is 1. The first-order valence-corrected chi connectivity index (χ1v) is 21.8. The van der Waals surface area contributed by atoms with Gasteiger partial charge in [-0.1, -0.05) is 119 Å². The molecular weight excluding hydrogens is 765 g/mol. The van der Waals surface area contributed by atoms with Crippen molar-refractivity contribution in [3.05, 3.63) is 83.4 Å². The van der Waals surface area contributed by atoms with Crippen molar-refractivity contribution in [2.75, 3.05) is 6.54 Å². The monoisotopic (exact) mass is 826 g/mol. The molecule has 324 valence electrons. The van der Waals surface area contributed by atoms with E-state index in [4.69, 9.17) is 5.73 Å². The lowest BCUT2D eigenvalue weighted by molar-refractivity contribution is -0.133. The maximum absolute atomic E-state index is 14.2. The summed E-state index contributed by atoms with van der Waals surface area (Å²) in [6.45, 7) is 0.192. The standard InChI is InChI=1S/C46H62N6O8/c47-44(58)35-18-10-11-25-48-45(59)37(28-32-19-21-34(22-20-32)43(57)33-16-8-3-9-17-33)52-46(60)38(27-31-14-6-2-7-15-31)51-42(56)29-39(53)36(26-30-12-4-1-5-13-30)50-41(55)24-23-40(54)49-35/h3,8-9,16-17,19-24,30-31,35-39,53H,1-2,4-7,10-15,18,25-29H2,(H2,47,58)(H,48,59)(H,49,54)(H,50,55)(H,51,56)(H,52,60)/b24-23+/t35-,36?,37+,38-,39?/m0/s1. The van der Waals surface area contributed by atoms with Gasteiger partial charge in [0.15, 0.2) is 5.78 Å². The van der Waals surface area contributed by atoms with E-state index in [1.54, 1.807) is 48.5 Å². The van der Waals surface area contributed by atoms with Crippen LogP contribution in [-0.2, 0) is 35.2 Å². The number of hydrogen-bond acceptors (Lipinski definition) is 8. The normalized spacial score (nSPS) is 25.8. The third kappa shape index (κ3) is 14.7. The Kier molecular flexibility index (Phi) is 17.8. The minimum Gasteiger partial charge on any atom is -0.390 e. The Morgan fingerprint density at radius 3 is 1.83 bits per heavy atom. The van der Waals surface area contributed by atoms with Crippen LogP contribution in [0.1, 0.15) is 124 Å². The number of ketones is 1. The average Bonchev–Trinajstić information content (AvgIpc) is 3.25. The first kappa shape index (κ1) is 45.7. The summed E-state index contributed by atoms with van der Waals surface area (Å²) >= 11 is 0. The molecule has 2 aromatic carbocycles. The molecule has 60 heavy (non-hydrogen) atoms. The van der Waals surface area contributed by atoms with Gasteiger partial charge in [-0.25, -0.2) is 0 Å². The summed E-state index contributed by atoms with van der Waals surface area (Å²) in [5, 5.41) is 25.5. The SMILES string of the molecule is NC(=O)[C@@H]1CCCCNC(=O)[C@@H](Cc2ccc(C(=O)c3ccccc3)cc2)NC(=O)[C@H](CC2CCCCC2)NC(=O)CC(O)C(CC2CCCCC2)NC(=O)/C=C/C(=O)N1. The molecule has 2 aromatic rings. The third-order valence-corrected chi connectivity index (χ3v) is 12.0. The zero-order valence-electron chi connectivity index (χ0n) is 34.5.